The summed E-state index contributed by atoms with van der Waals surface area (Å²) in [6.07, 6.45) is 3.75. The molecule has 1 aromatic heterocycles. The maximum absolute atomic E-state index is 13.8. The van der Waals surface area contributed by atoms with E-state index in [4.69, 9.17) is 14.6 Å². The van der Waals surface area contributed by atoms with Gasteiger partial charge in [0.25, 0.3) is 5.91 Å². The van der Waals surface area contributed by atoms with Crippen molar-refractivity contribution in [1.29, 1.82) is 0 Å². The number of rotatable bonds is 6. The van der Waals surface area contributed by atoms with Crippen LogP contribution in [0.1, 0.15) is 34.8 Å². The fourth-order valence-corrected chi connectivity index (χ4v) is 5.09. The Balaban J connectivity index is 0.00000304. The summed E-state index contributed by atoms with van der Waals surface area (Å²) in [5.74, 6) is 2.01. The Labute approximate surface area is 218 Å². The standard InChI is InChI=1S/C27H33N5O3.ClH/c1-34-23-8-6-21(7-9-23)32-26(20-10-12-28-13-11-20)25(19-29-32)27(33)31-16-14-30(15-17-31)22-4-3-5-24(18-22)35-2;/h3-9,18-20,28H,10-17H2,1-2H3;1H. The van der Waals surface area contributed by atoms with Crippen LogP contribution in [0.4, 0.5) is 5.69 Å². The third-order valence-electron chi connectivity index (χ3n) is 7.07. The SMILES string of the molecule is COc1ccc(-n2ncc(C(=O)N3CCN(c4cccc(OC)c4)CC3)c2C2CCNCC2)cc1.Cl. The summed E-state index contributed by atoms with van der Waals surface area (Å²) in [5.41, 5.74) is 3.82. The lowest BCUT2D eigenvalue weighted by atomic mass is 9.91. The largest absolute Gasteiger partial charge is 0.497 e. The number of ether oxygens (including phenoxy) is 2. The van der Waals surface area contributed by atoms with E-state index < -0.39 is 0 Å². The van der Waals surface area contributed by atoms with Crippen molar-refractivity contribution >= 4 is 24.0 Å². The van der Waals surface area contributed by atoms with Crippen LogP contribution < -0.4 is 19.7 Å². The number of hydrogen-bond acceptors (Lipinski definition) is 6. The molecule has 3 heterocycles. The molecule has 192 valence electrons. The van der Waals surface area contributed by atoms with Crippen LogP contribution >= 0.6 is 12.4 Å². The van der Waals surface area contributed by atoms with E-state index in [-0.39, 0.29) is 24.2 Å². The van der Waals surface area contributed by atoms with Crippen LogP contribution in [-0.4, -0.2) is 74.1 Å². The van der Waals surface area contributed by atoms with E-state index in [0.29, 0.717) is 13.1 Å². The molecule has 3 aromatic rings. The molecule has 2 aliphatic rings. The van der Waals surface area contributed by atoms with Gasteiger partial charge in [0.05, 0.1) is 37.4 Å². The first-order valence-corrected chi connectivity index (χ1v) is 12.3. The van der Waals surface area contributed by atoms with E-state index in [2.05, 4.69) is 16.3 Å². The van der Waals surface area contributed by atoms with Gasteiger partial charge in [-0.25, -0.2) is 4.68 Å². The van der Waals surface area contributed by atoms with Crippen LogP contribution in [0.15, 0.2) is 54.7 Å². The van der Waals surface area contributed by atoms with Crippen molar-refractivity contribution in [3.63, 3.8) is 0 Å². The molecule has 5 rings (SSSR count). The number of amides is 1. The zero-order chi connectivity index (χ0) is 24.2. The quantitative estimate of drug-likeness (QED) is 0.543. The third-order valence-corrected chi connectivity index (χ3v) is 7.07. The van der Waals surface area contributed by atoms with E-state index in [1.807, 2.05) is 52.0 Å². The molecule has 2 saturated heterocycles. The van der Waals surface area contributed by atoms with Crippen LogP contribution in [0.5, 0.6) is 11.5 Å². The Bertz CT molecular complexity index is 1150. The van der Waals surface area contributed by atoms with Crippen molar-refractivity contribution in [3.8, 4) is 17.2 Å². The number of piperidine rings is 1. The molecule has 2 aliphatic heterocycles. The van der Waals surface area contributed by atoms with Gasteiger partial charge >= 0.3 is 0 Å². The van der Waals surface area contributed by atoms with Crippen molar-refractivity contribution in [1.82, 2.24) is 20.0 Å². The second kappa shape index (κ2) is 11.7. The van der Waals surface area contributed by atoms with Crippen molar-refractivity contribution in [2.75, 3.05) is 58.4 Å². The van der Waals surface area contributed by atoms with Gasteiger partial charge in [0.2, 0.25) is 0 Å². The zero-order valence-electron chi connectivity index (χ0n) is 20.9. The minimum absolute atomic E-state index is 0. The number of carbonyl (C=O) groups is 1. The molecule has 0 spiro atoms. The minimum atomic E-state index is 0. The zero-order valence-corrected chi connectivity index (χ0v) is 21.7. The number of carbonyl (C=O) groups excluding carboxylic acids is 1. The summed E-state index contributed by atoms with van der Waals surface area (Å²) in [6, 6.07) is 16.0. The molecular formula is C27H34ClN5O3. The predicted molar refractivity (Wildman–Crippen MR) is 143 cm³/mol. The van der Waals surface area contributed by atoms with Crippen LogP contribution in [0, 0.1) is 0 Å². The van der Waals surface area contributed by atoms with E-state index in [1.165, 1.54) is 0 Å². The van der Waals surface area contributed by atoms with Gasteiger partial charge in [-0.15, -0.1) is 12.4 Å². The molecule has 0 bridgehead atoms. The predicted octanol–water partition coefficient (Wildman–Crippen LogP) is 3.74. The number of anilines is 1. The molecule has 1 N–H and O–H groups in total. The van der Waals surface area contributed by atoms with Gasteiger partial charge in [-0.1, -0.05) is 6.07 Å². The monoisotopic (exact) mass is 511 g/mol. The highest BCUT2D eigenvalue weighted by Gasteiger charge is 2.30. The molecule has 9 heteroatoms. The van der Waals surface area contributed by atoms with Gasteiger partial charge in [-0.05, 0) is 62.3 Å². The van der Waals surface area contributed by atoms with Gasteiger partial charge in [-0.3, -0.25) is 4.79 Å². The average molecular weight is 512 g/mol. The highest BCUT2D eigenvalue weighted by atomic mass is 35.5. The first-order chi connectivity index (χ1) is 17.2. The van der Waals surface area contributed by atoms with Crippen LogP contribution in [0.25, 0.3) is 5.69 Å². The van der Waals surface area contributed by atoms with E-state index >= 15 is 0 Å². The van der Waals surface area contributed by atoms with E-state index in [0.717, 1.165) is 73.2 Å². The summed E-state index contributed by atoms with van der Waals surface area (Å²) in [6.45, 7) is 4.82. The van der Waals surface area contributed by atoms with E-state index in [1.54, 1.807) is 20.4 Å². The Morgan fingerprint density at radius 3 is 2.28 bits per heavy atom. The molecule has 0 saturated carbocycles. The normalized spacial score (nSPS) is 16.4. The highest BCUT2D eigenvalue weighted by molar-refractivity contribution is 5.95. The topological polar surface area (TPSA) is 71.9 Å². The molecule has 1 amide bonds. The molecule has 36 heavy (non-hydrogen) atoms. The number of hydrogen-bond donors (Lipinski definition) is 1. The number of aromatic nitrogens is 2. The summed E-state index contributed by atoms with van der Waals surface area (Å²) < 4.78 is 12.6. The molecule has 0 aliphatic carbocycles. The highest BCUT2D eigenvalue weighted by Crippen LogP contribution is 2.32. The second-order valence-electron chi connectivity index (χ2n) is 9.06. The molecule has 0 atom stereocenters. The fraction of sp³-hybridized carbons (Fsp3) is 0.407. The number of piperazine rings is 1. The first-order valence-electron chi connectivity index (χ1n) is 12.3. The molecular weight excluding hydrogens is 478 g/mol. The summed E-state index contributed by atoms with van der Waals surface area (Å²) >= 11 is 0. The number of halogens is 1. The first kappa shape index (κ1) is 25.9. The molecule has 0 radical (unpaired) electrons. The third kappa shape index (κ3) is 5.29. The lowest BCUT2D eigenvalue weighted by Crippen LogP contribution is -2.49. The summed E-state index contributed by atoms with van der Waals surface area (Å²) in [5, 5.41) is 8.13. The summed E-state index contributed by atoms with van der Waals surface area (Å²) in [7, 11) is 3.34. The van der Waals surface area contributed by atoms with Crippen LogP contribution in [-0.2, 0) is 0 Å². The smallest absolute Gasteiger partial charge is 0.257 e. The van der Waals surface area contributed by atoms with Gasteiger partial charge < -0.3 is 24.6 Å². The van der Waals surface area contributed by atoms with Crippen LogP contribution in [0.3, 0.4) is 0 Å². The molecule has 2 aromatic carbocycles. The maximum Gasteiger partial charge on any atom is 0.257 e. The average Bonchev–Trinajstić information content (AvgIpc) is 3.38. The van der Waals surface area contributed by atoms with Crippen molar-refractivity contribution in [2.45, 2.75) is 18.8 Å². The molecule has 0 unspecified atom stereocenters. The van der Waals surface area contributed by atoms with Crippen LogP contribution in [0.2, 0.25) is 0 Å². The number of methoxy groups -OCH3 is 2. The molecule has 8 nitrogen and oxygen atoms in total. The number of nitrogens with one attached hydrogen (secondary N) is 1. The maximum atomic E-state index is 13.8. The Morgan fingerprint density at radius 1 is 0.917 bits per heavy atom. The minimum Gasteiger partial charge on any atom is -0.497 e. The van der Waals surface area contributed by atoms with Gasteiger partial charge in [-0.2, -0.15) is 5.10 Å². The lowest BCUT2D eigenvalue weighted by Gasteiger charge is -2.36. The number of nitrogens with zero attached hydrogens (tertiary/aromatic N) is 4. The Morgan fingerprint density at radius 2 is 1.61 bits per heavy atom. The second-order valence-corrected chi connectivity index (χ2v) is 9.06. The fourth-order valence-electron chi connectivity index (χ4n) is 5.09. The van der Waals surface area contributed by atoms with Gasteiger partial charge in [0, 0.05) is 43.9 Å². The lowest BCUT2D eigenvalue weighted by molar-refractivity contribution is 0.0744. The Kier molecular flexibility index (Phi) is 8.38. The van der Waals surface area contributed by atoms with Crippen molar-refractivity contribution in [2.24, 2.45) is 0 Å². The molecule has 2 fully saturated rings. The van der Waals surface area contributed by atoms with E-state index in [9.17, 15) is 4.79 Å². The van der Waals surface area contributed by atoms with Crippen molar-refractivity contribution in [3.05, 3.63) is 66.0 Å². The Hall–Kier alpha value is -3.23. The van der Waals surface area contributed by atoms with Gasteiger partial charge in [0.15, 0.2) is 0 Å². The summed E-state index contributed by atoms with van der Waals surface area (Å²) in [4.78, 5) is 18.0. The number of benzene rings is 2. The van der Waals surface area contributed by atoms with Gasteiger partial charge in [0.1, 0.15) is 11.5 Å². The van der Waals surface area contributed by atoms with Crippen molar-refractivity contribution < 1.29 is 14.3 Å².